The fourth-order valence-corrected chi connectivity index (χ4v) is 3.85. The van der Waals surface area contributed by atoms with Crippen molar-refractivity contribution in [3.05, 3.63) is 42.2 Å². The normalized spacial score (nSPS) is 17.9. The minimum absolute atomic E-state index is 0.379. The highest BCUT2D eigenvalue weighted by molar-refractivity contribution is 5.89. The molecule has 1 aliphatic rings. The number of hydrogen-bond donors (Lipinski definition) is 4. The maximum absolute atomic E-state index is 12.5. The number of carbonyl (C=O) groups excluding carboxylic acids is 2. The fraction of sp³-hybridized carbons (Fsp3) is 0.440. The summed E-state index contributed by atoms with van der Waals surface area (Å²) in [5.41, 5.74) is 2.54. The monoisotopic (exact) mass is 484 g/mol. The second-order valence-corrected chi connectivity index (χ2v) is 9.36. The van der Waals surface area contributed by atoms with Gasteiger partial charge in [-0.15, -0.1) is 0 Å². The average molecular weight is 485 g/mol. The Bertz CT molecular complexity index is 1080. The molecular formula is C25H32N4O6. The van der Waals surface area contributed by atoms with Gasteiger partial charge in [-0.3, -0.25) is 10.3 Å². The molecule has 0 saturated heterocycles. The molecule has 2 bridgehead atoms. The Kier molecular flexibility index (Phi) is 8.16. The molecule has 1 aromatic carbocycles. The first kappa shape index (κ1) is 25.8. The smallest absolute Gasteiger partial charge is 0.411 e. The number of carbonyl (C=O) groups is 3. The number of anilines is 2. The lowest BCUT2D eigenvalue weighted by Gasteiger charge is -2.25. The van der Waals surface area contributed by atoms with Gasteiger partial charge in [0.1, 0.15) is 11.6 Å². The number of benzene rings is 1. The summed E-state index contributed by atoms with van der Waals surface area (Å²) >= 11 is 0. The molecule has 4 N–H and O–H groups in total. The van der Waals surface area contributed by atoms with Crippen molar-refractivity contribution in [3.63, 3.8) is 0 Å². The second kappa shape index (κ2) is 11.1. The maximum atomic E-state index is 12.5. The summed E-state index contributed by atoms with van der Waals surface area (Å²) in [5.74, 6) is -0.974. The van der Waals surface area contributed by atoms with E-state index in [9.17, 15) is 19.5 Å². The molecule has 2 heterocycles. The Hall–Kier alpha value is -3.82. The maximum Gasteiger partial charge on any atom is 0.411 e. The molecule has 2 atom stereocenters. The number of amides is 2. The SMILES string of the molecule is COC(=O)Nc1ccc2c(c1)N[C@@H](C(=O)O)CCCC[C@H](NC(=O)OC(C)(C)C)c1cc-2ccn1. The molecule has 2 amide bonds. The van der Waals surface area contributed by atoms with Crippen LogP contribution in [0.4, 0.5) is 21.0 Å². The van der Waals surface area contributed by atoms with Crippen LogP contribution in [0.2, 0.25) is 0 Å². The molecule has 1 aromatic heterocycles. The minimum atomic E-state index is -0.974. The van der Waals surface area contributed by atoms with Gasteiger partial charge in [0.05, 0.1) is 18.8 Å². The highest BCUT2D eigenvalue weighted by Gasteiger charge is 2.24. The topological polar surface area (TPSA) is 139 Å². The summed E-state index contributed by atoms with van der Waals surface area (Å²) in [4.78, 5) is 40.6. The molecule has 1 aliphatic heterocycles. The van der Waals surface area contributed by atoms with Gasteiger partial charge in [0.15, 0.2) is 0 Å². The molecule has 0 saturated carbocycles. The number of rotatable bonds is 3. The predicted octanol–water partition coefficient (Wildman–Crippen LogP) is 4.93. The third-order valence-electron chi connectivity index (χ3n) is 5.45. The van der Waals surface area contributed by atoms with Crippen molar-refractivity contribution in [1.29, 1.82) is 0 Å². The van der Waals surface area contributed by atoms with E-state index in [-0.39, 0.29) is 0 Å². The average Bonchev–Trinajstić information content (AvgIpc) is 2.78. The van der Waals surface area contributed by atoms with E-state index in [0.717, 1.165) is 11.1 Å². The van der Waals surface area contributed by atoms with Crippen LogP contribution in [0.15, 0.2) is 36.5 Å². The summed E-state index contributed by atoms with van der Waals surface area (Å²) in [6.07, 6.45) is 2.74. The quantitative estimate of drug-likeness (QED) is 0.481. The third-order valence-corrected chi connectivity index (χ3v) is 5.45. The van der Waals surface area contributed by atoms with E-state index in [2.05, 4.69) is 25.7 Å². The lowest BCUT2D eigenvalue weighted by atomic mass is 9.96. The van der Waals surface area contributed by atoms with Gasteiger partial charge < -0.3 is 25.2 Å². The zero-order chi connectivity index (χ0) is 25.6. The van der Waals surface area contributed by atoms with Gasteiger partial charge in [-0.2, -0.15) is 0 Å². The molecule has 188 valence electrons. The predicted molar refractivity (Wildman–Crippen MR) is 131 cm³/mol. The van der Waals surface area contributed by atoms with Crippen molar-refractivity contribution in [2.45, 2.75) is 64.1 Å². The Morgan fingerprint density at radius 1 is 1.09 bits per heavy atom. The van der Waals surface area contributed by atoms with E-state index >= 15 is 0 Å². The number of pyridine rings is 1. The van der Waals surface area contributed by atoms with Crippen LogP contribution in [-0.2, 0) is 14.3 Å². The number of nitrogens with zero attached hydrogens (tertiary/aromatic N) is 1. The van der Waals surface area contributed by atoms with Crippen molar-refractivity contribution in [3.8, 4) is 11.1 Å². The molecule has 3 rings (SSSR count). The number of aromatic nitrogens is 1. The van der Waals surface area contributed by atoms with Crippen molar-refractivity contribution in [2.75, 3.05) is 17.7 Å². The van der Waals surface area contributed by atoms with E-state index < -0.39 is 35.8 Å². The zero-order valence-corrected chi connectivity index (χ0v) is 20.4. The number of nitrogens with one attached hydrogen (secondary N) is 3. The second-order valence-electron chi connectivity index (χ2n) is 9.36. The first-order valence-electron chi connectivity index (χ1n) is 11.5. The minimum Gasteiger partial charge on any atom is -0.480 e. The van der Waals surface area contributed by atoms with Gasteiger partial charge in [-0.05, 0) is 63.4 Å². The van der Waals surface area contributed by atoms with Crippen molar-refractivity contribution < 1.29 is 29.0 Å². The van der Waals surface area contributed by atoms with Gasteiger partial charge in [0, 0.05) is 23.1 Å². The Labute approximate surface area is 204 Å². The molecule has 10 heteroatoms. The number of alkyl carbamates (subject to hydrolysis) is 1. The third kappa shape index (κ3) is 7.33. The van der Waals surface area contributed by atoms with Crippen LogP contribution in [0.25, 0.3) is 11.1 Å². The van der Waals surface area contributed by atoms with Crippen molar-refractivity contribution in [2.24, 2.45) is 0 Å². The molecule has 0 spiro atoms. The lowest BCUT2D eigenvalue weighted by molar-refractivity contribution is -0.138. The number of hydrogen-bond acceptors (Lipinski definition) is 7. The summed E-state index contributed by atoms with van der Waals surface area (Å²) < 4.78 is 10.1. The number of ether oxygens (including phenoxy) is 2. The molecule has 0 aliphatic carbocycles. The van der Waals surface area contributed by atoms with Crippen LogP contribution in [0.3, 0.4) is 0 Å². The van der Waals surface area contributed by atoms with Gasteiger partial charge in [-0.25, -0.2) is 14.4 Å². The van der Waals surface area contributed by atoms with Crippen LogP contribution in [0, 0.1) is 0 Å². The Balaban J connectivity index is 2.02. The molecule has 10 nitrogen and oxygen atoms in total. The van der Waals surface area contributed by atoms with Gasteiger partial charge >= 0.3 is 18.2 Å². The van der Waals surface area contributed by atoms with Crippen LogP contribution < -0.4 is 16.0 Å². The first-order chi connectivity index (χ1) is 16.6. The molecular weight excluding hydrogens is 452 g/mol. The zero-order valence-electron chi connectivity index (χ0n) is 20.4. The molecule has 2 aromatic rings. The number of carboxylic acids is 1. The molecule has 0 unspecified atom stereocenters. The summed E-state index contributed by atoms with van der Waals surface area (Å²) in [7, 11) is 1.27. The molecule has 0 radical (unpaired) electrons. The molecule has 35 heavy (non-hydrogen) atoms. The van der Waals surface area contributed by atoms with Crippen LogP contribution >= 0.6 is 0 Å². The largest absolute Gasteiger partial charge is 0.480 e. The van der Waals surface area contributed by atoms with Crippen LogP contribution in [0.1, 0.15) is 58.2 Å². The highest BCUT2D eigenvalue weighted by atomic mass is 16.6. The van der Waals surface area contributed by atoms with Crippen molar-refractivity contribution >= 4 is 29.5 Å². The van der Waals surface area contributed by atoms with Gasteiger partial charge in [-0.1, -0.05) is 18.9 Å². The summed E-state index contributed by atoms with van der Waals surface area (Å²) in [5, 5.41) is 18.4. The van der Waals surface area contributed by atoms with Gasteiger partial charge in [0.25, 0.3) is 0 Å². The van der Waals surface area contributed by atoms with E-state index in [4.69, 9.17) is 4.74 Å². The van der Waals surface area contributed by atoms with Crippen molar-refractivity contribution in [1.82, 2.24) is 10.3 Å². The number of aliphatic carboxylic acids is 1. The number of fused-ring (bicyclic) bond motifs is 4. The Morgan fingerprint density at radius 2 is 1.83 bits per heavy atom. The van der Waals surface area contributed by atoms with Crippen LogP contribution in [-0.4, -0.2) is 47.0 Å². The molecule has 0 fully saturated rings. The Morgan fingerprint density at radius 3 is 2.51 bits per heavy atom. The highest BCUT2D eigenvalue weighted by Crippen LogP contribution is 2.34. The first-order valence-corrected chi connectivity index (χ1v) is 11.5. The van der Waals surface area contributed by atoms with Crippen LogP contribution in [0.5, 0.6) is 0 Å². The summed E-state index contributed by atoms with van der Waals surface area (Å²) in [6, 6.07) is 7.61. The summed E-state index contributed by atoms with van der Waals surface area (Å²) in [6.45, 7) is 5.39. The number of carboxylic acid groups (broad SMARTS) is 1. The van der Waals surface area contributed by atoms with E-state index in [1.54, 1.807) is 45.2 Å². The van der Waals surface area contributed by atoms with E-state index in [1.165, 1.54) is 7.11 Å². The fourth-order valence-electron chi connectivity index (χ4n) is 3.85. The number of methoxy groups -OCH3 is 1. The standard InChI is InChI=1S/C25H32N4O6/c1-25(2,3)35-24(33)29-18-7-5-6-8-19(22(30)31)28-20-14-16(27-23(32)34-4)9-10-17(20)15-11-12-26-21(18)13-15/h9-14,18-19,28H,5-8H2,1-4H3,(H,27,32)(H,29,33)(H,30,31)/t18-,19+/m0/s1. The van der Waals surface area contributed by atoms with E-state index in [1.807, 2.05) is 12.1 Å². The lowest BCUT2D eigenvalue weighted by Crippen LogP contribution is -2.35. The van der Waals surface area contributed by atoms with Gasteiger partial charge in [0.2, 0.25) is 0 Å². The van der Waals surface area contributed by atoms with E-state index in [0.29, 0.717) is 42.8 Å².